The number of benzene rings is 1. The summed E-state index contributed by atoms with van der Waals surface area (Å²) < 4.78 is 0. The van der Waals surface area contributed by atoms with E-state index in [2.05, 4.69) is 36.1 Å². The summed E-state index contributed by atoms with van der Waals surface area (Å²) in [7, 11) is 0. The monoisotopic (exact) mass is 218 g/mol. The van der Waals surface area contributed by atoms with Crippen molar-refractivity contribution in [3.63, 3.8) is 0 Å². The summed E-state index contributed by atoms with van der Waals surface area (Å²) in [4.78, 5) is 7.19. The van der Waals surface area contributed by atoms with Crippen molar-refractivity contribution in [3.05, 3.63) is 35.4 Å². The number of aliphatic imine (C=N–C) groups is 1. The second-order valence-corrected chi connectivity index (χ2v) is 5.14. The van der Waals surface area contributed by atoms with Crippen molar-refractivity contribution < 1.29 is 0 Å². The lowest BCUT2D eigenvalue weighted by molar-refractivity contribution is 0.463. The second kappa shape index (κ2) is 3.56. The van der Waals surface area contributed by atoms with Gasteiger partial charge in [0, 0.05) is 18.8 Å². The summed E-state index contributed by atoms with van der Waals surface area (Å²) >= 11 is 1.89. The molecule has 15 heavy (non-hydrogen) atoms. The van der Waals surface area contributed by atoms with Gasteiger partial charge in [-0.3, -0.25) is 4.99 Å². The Morgan fingerprint density at radius 2 is 2.27 bits per heavy atom. The van der Waals surface area contributed by atoms with E-state index < -0.39 is 0 Å². The molecule has 3 heteroatoms. The molecule has 2 aliphatic heterocycles. The van der Waals surface area contributed by atoms with E-state index in [1.165, 1.54) is 28.6 Å². The van der Waals surface area contributed by atoms with Crippen LogP contribution in [0.25, 0.3) is 0 Å². The summed E-state index contributed by atoms with van der Waals surface area (Å²) in [6.07, 6.45) is 0. The minimum absolute atomic E-state index is 0.369. The number of amidine groups is 1. The molecule has 1 saturated heterocycles. The number of hydrogen-bond acceptors (Lipinski definition) is 3. The Labute approximate surface area is 94.4 Å². The van der Waals surface area contributed by atoms with Gasteiger partial charge in [0.2, 0.25) is 0 Å². The number of nitrogens with zero attached hydrogens (tertiary/aromatic N) is 2. The van der Waals surface area contributed by atoms with E-state index in [0.29, 0.717) is 6.04 Å². The molecule has 1 aromatic carbocycles. The van der Waals surface area contributed by atoms with Crippen LogP contribution in [0.3, 0.4) is 0 Å². The van der Waals surface area contributed by atoms with Crippen LogP contribution in [0.2, 0.25) is 0 Å². The third-order valence-corrected chi connectivity index (χ3v) is 4.08. The van der Waals surface area contributed by atoms with Crippen molar-refractivity contribution in [2.24, 2.45) is 4.99 Å². The van der Waals surface area contributed by atoms with Crippen molar-refractivity contribution in [1.29, 1.82) is 0 Å². The van der Waals surface area contributed by atoms with Crippen LogP contribution in [0.15, 0.2) is 29.3 Å². The van der Waals surface area contributed by atoms with Crippen LogP contribution >= 0.6 is 11.8 Å². The molecule has 1 fully saturated rings. The Morgan fingerprint density at radius 3 is 3.07 bits per heavy atom. The minimum atomic E-state index is 0.369. The SMILES string of the molecule is Cc1ccccc1[C@@H]1CN2CCSC2=N1. The van der Waals surface area contributed by atoms with Crippen LogP contribution in [0.4, 0.5) is 0 Å². The molecular formula is C12H14N2S. The quantitative estimate of drug-likeness (QED) is 0.719. The second-order valence-electron chi connectivity index (χ2n) is 4.08. The third kappa shape index (κ3) is 1.55. The number of rotatable bonds is 1. The molecule has 0 spiro atoms. The van der Waals surface area contributed by atoms with Gasteiger partial charge in [-0.05, 0) is 18.1 Å². The number of hydrogen-bond donors (Lipinski definition) is 0. The van der Waals surface area contributed by atoms with Crippen LogP contribution in [0.1, 0.15) is 17.2 Å². The Balaban J connectivity index is 1.91. The number of aryl methyl sites for hydroxylation is 1. The van der Waals surface area contributed by atoms with Crippen molar-refractivity contribution in [3.8, 4) is 0 Å². The van der Waals surface area contributed by atoms with E-state index in [0.717, 1.165) is 6.54 Å². The van der Waals surface area contributed by atoms with Crippen LogP contribution in [0.5, 0.6) is 0 Å². The fourth-order valence-corrected chi connectivity index (χ4v) is 3.28. The number of thioether (sulfide) groups is 1. The zero-order chi connectivity index (χ0) is 10.3. The standard InChI is InChI=1S/C12H14N2S/c1-9-4-2-3-5-10(9)11-8-14-6-7-15-12(14)13-11/h2-5,11H,6-8H2,1H3/t11-/m0/s1. The highest BCUT2D eigenvalue weighted by atomic mass is 32.2. The molecule has 2 nitrogen and oxygen atoms in total. The van der Waals surface area contributed by atoms with Crippen molar-refractivity contribution in [2.75, 3.05) is 18.8 Å². The van der Waals surface area contributed by atoms with Gasteiger partial charge < -0.3 is 4.90 Å². The largest absolute Gasteiger partial charge is 0.348 e. The van der Waals surface area contributed by atoms with Gasteiger partial charge in [0.05, 0.1) is 6.04 Å². The van der Waals surface area contributed by atoms with E-state index in [1.54, 1.807) is 0 Å². The van der Waals surface area contributed by atoms with Gasteiger partial charge in [0.25, 0.3) is 0 Å². The Morgan fingerprint density at radius 1 is 1.40 bits per heavy atom. The first kappa shape index (κ1) is 9.28. The van der Waals surface area contributed by atoms with Gasteiger partial charge >= 0.3 is 0 Å². The molecule has 0 N–H and O–H groups in total. The number of fused-ring (bicyclic) bond motifs is 1. The molecule has 0 aliphatic carbocycles. The molecule has 1 atom stereocenters. The maximum absolute atomic E-state index is 4.79. The lowest BCUT2D eigenvalue weighted by Crippen LogP contribution is -2.22. The Hall–Kier alpha value is -0.960. The molecule has 78 valence electrons. The first-order chi connectivity index (χ1) is 7.34. The molecule has 0 radical (unpaired) electrons. The van der Waals surface area contributed by atoms with E-state index in [4.69, 9.17) is 4.99 Å². The van der Waals surface area contributed by atoms with Crippen LogP contribution in [-0.2, 0) is 0 Å². The normalized spacial score (nSPS) is 24.2. The van der Waals surface area contributed by atoms with Crippen LogP contribution in [-0.4, -0.2) is 28.9 Å². The zero-order valence-corrected chi connectivity index (χ0v) is 9.63. The summed E-state index contributed by atoms with van der Waals surface area (Å²) in [5.41, 5.74) is 2.75. The Bertz CT molecular complexity index is 414. The highest BCUT2D eigenvalue weighted by molar-refractivity contribution is 8.14. The van der Waals surface area contributed by atoms with E-state index in [-0.39, 0.29) is 0 Å². The predicted molar refractivity (Wildman–Crippen MR) is 65.4 cm³/mol. The molecule has 2 aliphatic rings. The summed E-state index contributed by atoms with van der Waals surface area (Å²) in [6.45, 7) is 4.42. The lowest BCUT2D eigenvalue weighted by atomic mass is 10.0. The highest BCUT2D eigenvalue weighted by Crippen LogP contribution is 2.33. The maximum Gasteiger partial charge on any atom is 0.160 e. The average Bonchev–Trinajstić information content (AvgIpc) is 2.77. The summed E-state index contributed by atoms with van der Waals surface area (Å²) in [5, 5.41) is 1.25. The first-order valence-corrected chi connectivity index (χ1v) is 6.34. The molecule has 0 bridgehead atoms. The molecule has 0 saturated carbocycles. The molecule has 0 amide bonds. The highest BCUT2D eigenvalue weighted by Gasteiger charge is 2.30. The fraction of sp³-hybridized carbons (Fsp3) is 0.417. The first-order valence-electron chi connectivity index (χ1n) is 5.35. The van der Waals surface area contributed by atoms with E-state index >= 15 is 0 Å². The fourth-order valence-electron chi connectivity index (χ4n) is 2.23. The van der Waals surface area contributed by atoms with E-state index in [9.17, 15) is 0 Å². The van der Waals surface area contributed by atoms with Crippen molar-refractivity contribution >= 4 is 16.9 Å². The van der Waals surface area contributed by atoms with Gasteiger partial charge in [0.1, 0.15) is 0 Å². The van der Waals surface area contributed by atoms with Crippen molar-refractivity contribution in [1.82, 2.24) is 4.90 Å². The smallest absolute Gasteiger partial charge is 0.160 e. The van der Waals surface area contributed by atoms with Crippen LogP contribution in [0, 0.1) is 6.92 Å². The zero-order valence-electron chi connectivity index (χ0n) is 8.81. The van der Waals surface area contributed by atoms with Gasteiger partial charge in [0.15, 0.2) is 5.17 Å². The topological polar surface area (TPSA) is 15.6 Å². The van der Waals surface area contributed by atoms with Gasteiger partial charge in [-0.25, -0.2) is 0 Å². The molecule has 0 unspecified atom stereocenters. The molecule has 0 aromatic heterocycles. The van der Waals surface area contributed by atoms with E-state index in [1.807, 2.05) is 11.8 Å². The molecular weight excluding hydrogens is 204 g/mol. The maximum atomic E-state index is 4.79. The van der Waals surface area contributed by atoms with Crippen molar-refractivity contribution in [2.45, 2.75) is 13.0 Å². The Kier molecular flexibility index (Phi) is 2.20. The molecule has 1 aromatic rings. The predicted octanol–water partition coefficient (Wildman–Crippen LogP) is 2.45. The lowest BCUT2D eigenvalue weighted by Gasteiger charge is -2.14. The minimum Gasteiger partial charge on any atom is -0.348 e. The summed E-state index contributed by atoms with van der Waals surface area (Å²) in [6, 6.07) is 8.95. The van der Waals surface area contributed by atoms with Crippen LogP contribution < -0.4 is 0 Å². The third-order valence-electron chi connectivity index (χ3n) is 3.07. The average molecular weight is 218 g/mol. The molecule has 3 rings (SSSR count). The molecule has 2 heterocycles. The van der Waals surface area contributed by atoms with Gasteiger partial charge in [-0.15, -0.1) is 0 Å². The summed E-state index contributed by atoms with van der Waals surface area (Å²) in [5.74, 6) is 1.21. The van der Waals surface area contributed by atoms with Gasteiger partial charge in [-0.2, -0.15) is 0 Å². The van der Waals surface area contributed by atoms with Gasteiger partial charge in [-0.1, -0.05) is 36.0 Å².